The molecule has 24 heavy (non-hydrogen) atoms. The van der Waals surface area contributed by atoms with E-state index in [9.17, 15) is 9.59 Å². The van der Waals surface area contributed by atoms with Gasteiger partial charge in [0.15, 0.2) is 0 Å². The van der Waals surface area contributed by atoms with Gasteiger partial charge < -0.3 is 14.9 Å². The average molecular weight is 325 g/mol. The lowest BCUT2D eigenvalue weighted by Crippen LogP contribution is -2.38. The standard InChI is InChI=1S/C17H19N5O2/c1-21-15-8-12(2-3-13(15)20-17(21)24)16(23)22-6-4-11(5-7-22)14-9-18-10-19-14/h2-3,8-11H,4-7H2,1H3,(H,18,19)(H,20,24). The van der Waals surface area contributed by atoms with E-state index in [-0.39, 0.29) is 11.6 Å². The maximum atomic E-state index is 12.8. The second-order valence-electron chi connectivity index (χ2n) is 6.29. The summed E-state index contributed by atoms with van der Waals surface area (Å²) in [5, 5.41) is 0. The lowest BCUT2D eigenvalue weighted by Gasteiger charge is -2.31. The Bertz CT molecular complexity index is 930. The zero-order valence-electron chi connectivity index (χ0n) is 13.5. The van der Waals surface area contributed by atoms with Gasteiger partial charge in [-0.05, 0) is 31.0 Å². The normalized spacial score (nSPS) is 16.0. The number of hydrogen-bond donors (Lipinski definition) is 2. The van der Waals surface area contributed by atoms with Crippen LogP contribution in [0.1, 0.15) is 34.8 Å². The molecular formula is C17H19N5O2. The molecule has 2 N–H and O–H groups in total. The third-order valence-corrected chi connectivity index (χ3v) is 4.89. The number of likely N-dealkylation sites (tertiary alicyclic amines) is 1. The maximum Gasteiger partial charge on any atom is 0.326 e. The average Bonchev–Trinajstić information content (AvgIpc) is 3.24. The molecule has 1 amide bonds. The van der Waals surface area contributed by atoms with E-state index in [0.717, 1.165) is 42.7 Å². The fourth-order valence-corrected chi connectivity index (χ4v) is 3.42. The molecule has 3 aromatic rings. The first-order valence-corrected chi connectivity index (χ1v) is 8.10. The van der Waals surface area contributed by atoms with Crippen molar-refractivity contribution in [2.75, 3.05) is 13.1 Å². The fraction of sp³-hybridized carbons (Fsp3) is 0.353. The number of fused-ring (bicyclic) bond motifs is 1. The lowest BCUT2D eigenvalue weighted by atomic mass is 9.93. The molecule has 1 saturated heterocycles. The molecule has 0 saturated carbocycles. The van der Waals surface area contributed by atoms with Crippen molar-refractivity contribution < 1.29 is 4.79 Å². The predicted octanol–water partition coefficient (Wildman–Crippen LogP) is 1.61. The number of carbonyl (C=O) groups is 1. The first-order valence-electron chi connectivity index (χ1n) is 8.10. The van der Waals surface area contributed by atoms with Crippen molar-refractivity contribution in [3.8, 4) is 0 Å². The molecule has 0 atom stereocenters. The van der Waals surface area contributed by atoms with Crippen molar-refractivity contribution in [3.05, 3.63) is 52.5 Å². The SMILES string of the molecule is Cn1c(=O)[nH]c2ccc(C(=O)N3CCC(c4cnc[nH]4)CC3)cc21. The molecule has 124 valence electrons. The predicted molar refractivity (Wildman–Crippen MR) is 90.0 cm³/mol. The van der Waals surface area contributed by atoms with Crippen molar-refractivity contribution in [3.63, 3.8) is 0 Å². The van der Waals surface area contributed by atoms with Crippen LogP contribution in [0, 0.1) is 0 Å². The summed E-state index contributed by atoms with van der Waals surface area (Å²) in [4.78, 5) is 36.3. The maximum absolute atomic E-state index is 12.8. The third-order valence-electron chi connectivity index (χ3n) is 4.89. The van der Waals surface area contributed by atoms with Gasteiger partial charge in [-0.2, -0.15) is 0 Å². The summed E-state index contributed by atoms with van der Waals surface area (Å²) in [5.74, 6) is 0.457. The third kappa shape index (κ3) is 2.42. The molecular weight excluding hydrogens is 306 g/mol. The van der Waals surface area contributed by atoms with Crippen molar-refractivity contribution in [2.24, 2.45) is 7.05 Å². The molecule has 0 spiro atoms. The fourth-order valence-electron chi connectivity index (χ4n) is 3.42. The van der Waals surface area contributed by atoms with Crippen LogP contribution in [0.25, 0.3) is 11.0 Å². The van der Waals surface area contributed by atoms with Gasteiger partial charge in [0.05, 0.1) is 17.4 Å². The van der Waals surface area contributed by atoms with Crippen LogP contribution in [0.15, 0.2) is 35.5 Å². The molecule has 7 nitrogen and oxygen atoms in total. The monoisotopic (exact) mass is 325 g/mol. The van der Waals surface area contributed by atoms with Crippen molar-refractivity contribution in [1.82, 2.24) is 24.4 Å². The lowest BCUT2D eigenvalue weighted by molar-refractivity contribution is 0.0712. The minimum Gasteiger partial charge on any atom is -0.348 e. The van der Waals surface area contributed by atoms with Crippen LogP contribution in [0.3, 0.4) is 0 Å². The highest BCUT2D eigenvalue weighted by Crippen LogP contribution is 2.27. The molecule has 0 bridgehead atoms. The highest BCUT2D eigenvalue weighted by Gasteiger charge is 2.25. The second-order valence-corrected chi connectivity index (χ2v) is 6.29. The minimum absolute atomic E-state index is 0.0219. The number of benzene rings is 1. The number of amides is 1. The molecule has 3 heterocycles. The number of nitrogens with one attached hydrogen (secondary N) is 2. The molecule has 2 aromatic heterocycles. The number of H-pyrrole nitrogens is 2. The van der Waals surface area contributed by atoms with Gasteiger partial charge in [-0.15, -0.1) is 0 Å². The Labute approximate surface area is 138 Å². The van der Waals surface area contributed by atoms with E-state index >= 15 is 0 Å². The number of aromatic amines is 2. The summed E-state index contributed by atoms with van der Waals surface area (Å²) < 4.78 is 1.52. The quantitative estimate of drug-likeness (QED) is 0.750. The Balaban J connectivity index is 1.52. The number of aryl methyl sites for hydroxylation is 1. The molecule has 1 aliphatic heterocycles. The molecule has 1 aromatic carbocycles. The smallest absolute Gasteiger partial charge is 0.326 e. The van der Waals surface area contributed by atoms with Crippen molar-refractivity contribution in [2.45, 2.75) is 18.8 Å². The van der Waals surface area contributed by atoms with E-state index in [1.165, 1.54) is 4.57 Å². The summed E-state index contributed by atoms with van der Waals surface area (Å²) >= 11 is 0. The van der Waals surface area contributed by atoms with Crippen molar-refractivity contribution >= 4 is 16.9 Å². The number of carbonyl (C=O) groups excluding carboxylic acids is 1. The van der Waals surface area contributed by atoms with Gasteiger partial charge in [0.2, 0.25) is 0 Å². The van der Waals surface area contributed by atoms with Crippen LogP contribution < -0.4 is 5.69 Å². The molecule has 4 rings (SSSR count). The van der Waals surface area contributed by atoms with Crippen molar-refractivity contribution in [1.29, 1.82) is 0 Å². The Morgan fingerprint density at radius 3 is 2.79 bits per heavy atom. The van der Waals surface area contributed by atoms with E-state index in [1.807, 2.05) is 11.1 Å². The number of rotatable bonds is 2. The number of nitrogens with zero attached hydrogens (tertiary/aromatic N) is 3. The van der Waals surface area contributed by atoms with Gasteiger partial charge in [-0.25, -0.2) is 9.78 Å². The Morgan fingerprint density at radius 1 is 1.29 bits per heavy atom. The molecule has 0 aliphatic carbocycles. The van der Waals surface area contributed by atoms with E-state index < -0.39 is 0 Å². The summed E-state index contributed by atoms with van der Waals surface area (Å²) in [5.41, 5.74) is 3.09. The van der Waals surface area contributed by atoms with Gasteiger partial charge >= 0.3 is 5.69 Å². The van der Waals surface area contributed by atoms with Crippen LogP contribution in [-0.4, -0.2) is 43.4 Å². The van der Waals surface area contributed by atoms with E-state index in [0.29, 0.717) is 11.5 Å². The van der Waals surface area contributed by atoms with E-state index in [1.54, 1.807) is 31.6 Å². The van der Waals surface area contributed by atoms with E-state index in [2.05, 4.69) is 15.0 Å². The van der Waals surface area contributed by atoms with Gasteiger partial charge in [-0.1, -0.05) is 0 Å². The number of piperidine rings is 1. The Hall–Kier alpha value is -2.83. The highest BCUT2D eigenvalue weighted by atomic mass is 16.2. The molecule has 0 radical (unpaired) electrons. The Morgan fingerprint density at radius 2 is 2.08 bits per heavy atom. The van der Waals surface area contributed by atoms with Crippen LogP contribution in [0.5, 0.6) is 0 Å². The second kappa shape index (κ2) is 5.67. The summed E-state index contributed by atoms with van der Waals surface area (Å²) in [6.07, 6.45) is 5.42. The van der Waals surface area contributed by atoms with Crippen LogP contribution in [-0.2, 0) is 7.05 Å². The first-order chi connectivity index (χ1) is 11.6. The van der Waals surface area contributed by atoms with Crippen LogP contribution >= 0.6 is 0 Å². The van der Waals surface area contributed by atoms with Gasteiger partial charge in [0, 0.05) is 43.5 Å². The zero-order valence-corrected chi connectivity index (χ0v) is 13.5. The number of aromatic nitrogens is 4. The topological polar surface area (TPSA) is 86.8 Å². The summed E-state index contributed by atoms with van der Waals surface area (Å²) in [6.45, 7) is 1.46. The first kappa shape index (κ1) is 14.7. The molecule has 7 heteroatoms. The highest BCUT2D eigenvalue weighted by molar-refractivity contribution is 5.97. The van der Waals surface area contributed by atoms with Crippen LogP contribution in [0.2, 0.25) is 0 Å². The number of imidazole rings is 2. The minimum atomic E-state index is -0.171. The molecule has 0 unspecified atom stereocenters. The Kier molecular flexibility index (Phi) is 3.48. The van der Waals surface area contributed by atoms with Gasteiger partial charge in [-0.3, -0.25) is 9.36 Å². The van der Waals surface area contributed by atoms with Crippen LogP contribution in [0.4, 0.5) is 0 Å². The number of hydrogen-bond acceptors (Lipinski definition) is 3. The largest absolute Gasteiger partial charge is 0.348 e. The zero-order chi connectivity index (χ0) is 16.7. The van der Waals surface area contributed by atoms with Gasteiger partial charge in [0.1, 0.15) is 0 Å². The van der Waals surface area contributed by atoms with Gasteiger partial charge in [0.25, 0.3) is 5.91 Å². The van der Waals surface area contributed by atoms with E-state index in [4.69, 9.17) is 0 Å². The molecule has 1 aliphatic rings. The summed E-state index contributed by atoms with van der Waals surface area (Å²) in [6, 6.07) is 5.36. The molecule has 1 fully saturated rings. The summed E-state index contributed by atoms with van der Waals surface area (Å²) in [7, 11) is 1.70.